The first-order valence-electron chi connectivity index (χ1n) is 19.2. The number of phenols is 1. The van der Waals surface area contributed by atoms with E-state index in [2.05, 4.69) is 110 Å². The number of carbonyl (C=O) groups excluding carboxylic acids is 2. The molecule has 2 amide bonds. The number of hydrogen-bond acceptors (Lipinski definition) is 6. The van der Waals surface area contributed by atoms with Crippen LogP contribution in [-0.4, -0.2) is 49.5 Å². The number of hydrogen-bond donors (Lipinski definition) is 1. The maximum atomic E-state index is 14.2. The van der Waals surface area contributed by atoms with E-state index in [4.69, 9.17) is 9.16 Å². The topological polar surface area (TPSA) is 76.1 Å². The Labute approximate surface area is 333 Å². The number of nitrogens with zero attached hydrogens (tertiary/aromatic N) is 1. The second-order valence-electron chi connectivity index (χ2n) is 15.9. The van der Waals surface area contributed by atoms with E-state index in [1.165, 1.54) is 20.8 Å². The van der Waals surface area contributed by atoms with Gasteiger partial charge in [0.2, 0.25) is 11.8 Å². The van der Waals surface area contributed by atoms with Crippen molar-refractivity contribution in [3.63, 3.8) is 0 Å². The fourth-order valence-electron chi connectivity index (χ4n) is 9.11. The third-order valence-electron chi connectivity index (χ3n) is 11.5. The summed E-state index contributed by atoms with van der Waals surface area (Å²) >= 11 is 5.13. The molecule has 4 aromatic rings. The smallest absolute Gasteiger partial charge is 0.261 e. The lowest BCUT2D eigenvalue weighted by atomic mass is 9.69. The number of allylic oxidation sites excluding steroid dienone is 1. The quantitative estimate of drug-likeness (QED) is 0.0827. The Hall–Kier alpha value is -3.60. The van der Waals surface area contributed by atoms with Crippen LogP contribution in [0.1, 0.15) is 70.2 Å². The summed E-state index contributed by atoms with van der Waals surface area (Å²) in [7, 11) is -2.89. The average Bonchev–Trinajstić information content (AvgIpc) is 3.89. The van der Waals surface area contributed by atoms with Crippen molar-refractivity contribution in [2.75, 3.05) is 13.2 Å². The summed E-state index contributed by atoms with van der Waals surface area (Å²) in [5.41, 5.74) is 4.31. The van der Waals surface area contributed by atoms with Gasteiger partial charge >= 0.3 is 0 Å². The molecule has 0 spiro atoms. The number of halogens is 1. The van der Waals surface area contributed by atoms with Crippen LogP contribution in [0.2, 0.25) is 5.04 Å². The SMILES string of the molecule is CCC/C(=C\c1cc(Br)ccc1O)CC[C@H]1OC[C@H]2C1=C(CO[Si](c1ccccc1)(c1ccccc1)C(C)(C)C)C[C@H]1C(=O)N(Cc3cccs3)C(=O)[C@H]12. The molecule has 1 N–H and O–H groups in total. The van der Waals surface area contributed by atoms with Crippen LogP contribution < -0.4 is 10.4 Å². The maximum Gasteiger partial charge on any atom is 0.261 e. The first kappa shape index (κ1) is 38.7. The van der Waals surface area contributed by atoms with Crippen LogP contribution in [0.25, 0.3) is 6.08 Å². The first-order chi connectivity index (χ1) is 26.0. The van der Waals surface area contributed by atoms with Crippen LogP contribution in [0.4, 0.5) is 0 Å². The molecule has 2 fully saturated rings. The van der Waals surface area contributed by atoms with Gasteiger partial charge in [0, 0.05) is 20.8 Å². The summed E-state index contributed by atoms with van der Waals surface area (Å²) in [6.45, 7) is 10.1. The number of thiophene rings is 1. The molecule has 0 unspecified atom stereocenters. The van der Waals surface area contributed by atoms with E-state index in [1.54, 1.807) is 17.4 Å². The van der Waals surface area contributed by atoms with Crippen molar-refractivity contribution in [3.05, 3.63) is 128 Å². The minimum Gasteiger partial charge on any atom is -0.507 e. The summed E-state index contributed by atoms with van der Waals surface area (Å²) in [5.74, 6) is -0.937. The second-order valence-corrected chi connectivity index (χ2v) is 22.2. The summed E-state index contributed by atoms with van der Waals surface area (Å²) < 4.78 is 15.1. The molecule has 9 heteroatoms. The molecule has 2 saturated heterocycles. The molecule has 2 aliphatic heterocycles. The van der Waals surface area contributed by atoms with E-state index in [9.17, 15) is 14.7 Å². The van der Waals surface area contributed by atoms with Crippen LogP contribution in [-0.2, 0) is 25.3 Å². The molecule has 4 atom stereocenters. The van der Waals surface area contributed by atoms with Crippen molar-refractivity contribution < 1.29 is 23.9 Å². The minimum atomic E-state index is -2.89. The number of ether oxygens (including phenoxy) is 1. The molecule has 3 heterocycles. The van der Waals surface area contributed by atoms with E-state index >= 15 is 0 Å². The Bertz CT molecular complexity index is 1980. The zero-order valence-electron chi connectivity index (χ0n) is 31.6. The van der Waals surface area contributed by atoms with Gasteiger partial charge in [0.15, 0.2) is 0 Å². The van der Waals surface area contributed by atoms with E-state index in [0.29, 0.717) is 26.2 Å². The highest BCUT2D eigenvalue weighted by atomic mass is 79.9. The average molecular weight is 825 g/mol. The lowest BCUT2D eigenvalue weighted by molar-refractivity contribution is -0.140. The van der Waals surface area contributed by atoms with Crippen LogP contribution in [0, 0.1) is 17.8 Å². The molecular weight excluding hydrogens is 775 g/mol. The fourth-order valence-corrected chi connectivity index (χ4v) is 14.7. The molecule has 6 nitrogen and oxygen atoms in total. The van der Waals surface area contributed by atoms with Crippen LogP contribution in [0.15, 0.2) is 118 Å². The lowest BCUT2D eigenvalue weighted by Crippen LogP contribution is -2.66. The number of phenolic OH excluding ortho intramolecular Hbond substituents is 1. The first-order valence-corrected chi connectivity index (χ1v) is 22.7. The number of amides is 2. The van der Waals surface area contributed by atoms with Crippen LogP contribution in [0.5, 0.6) is 5.75 Å². The second kappa shape index (κ2) is 16.2. The number of benzene rings is 3. The number of imide groups is 1. The molecule has 1 aliphatic carbocycles. The molecule has 0 saturated carbocycles. The molecule has 7 rings (SSSR count). The van der Waals surface area contributed by atoms with Crippen molar-refractivity contribution in [1.29, 1.82) is 0 Å². The van der Waals surface area contributed by atoms with Gasteiger partial charge in [-0.05, 0) is 81.9 Å². The van der Waals surface area contributed by atoms with E-state index in [1.807, 2.05) is 29.6 Å². The van der Waals surface area contributed by atoms with Gasteiger partial charge in [0.1, 0.15) is 5.75 Å². The van der Waals surface area contributed by atoms with Gasteiger partial charge in [-0.1, -0.05) is 128 Å². The van der Waals surface area contributed by atoms with Gasteiger partial charge in [-0.3, -0.25) is 14.5 Å². The predicted octanol–water partition coefficient (Wildman–Crippen LogP) is 9.27. The maximum absolute atomic E-state index is 14.2. The Morgan fingerprint density at radius 2 is 1.67 bits per heavy atom. The number of rotatable bonds is 13. The van der Waals surface area contributed by atoms with Crippen molar-refractivity contribution in [1.82, 2.24) is 4.90 Å². The fraction of sp³-hybridized carbons (Fsp3) is 0.378. The Morgan fingerprint density at radius 3 is 2.30 bits per heavy atom. The lowest BCUT2D eigenvalue weighted by Gasteiger charge is -2.44. The monoisotopic (exact) mass is 823 g/mol. The normalized spacial score (nSPS) is 21.9. The van der Waals surface area contributed by atoms with Crippen LogP contribution in [0.3, 0.4) is 0 Å². The standard InChI is InChI=1S/C45H50BrNO5SSi/c1-5-13-30(24-31-25-33(46)20-21-39(31)48)19-22-40-41-32(26-37-42(38(41)29-51-40)44(50)47(43(37)49)27-34-14-12-23-53-34)28-52-54(45(2,3)4,35-15-8-6-9-16-35)36-17-10-7-11-18-36/h6-12,14-18,20-21,23-25,37-38,40,42,48H,5,13,19,22,26-29H2,1-4H3/b30-24+/t37-,38+,40-,42-/m1/s1. The molecule has 54 heavy (non-hydrogen) atoms. The van der Waals surface area contributed by atoms with Crippen molar-refractivity contribution in [3.8, 4) is 5.75 Å². The van der Waals surface area contributed by atoms with Gasteiger partial charge in [-0.2, -0.15) is 0 Å². The highest BCUT2D eigenvalue weighted by molar-refractivity contribution is 9.10. The number of fused-ring (bicyclic) bond motifs is 3. The number of carbonyl (C=O) groups is 2. The molecular formula is C45H50BrNO5SSi. The van der Waals surface area contributed by atoms with Gasteiger partial charge in [-0.25, -0.2) is 0 Å². The third-order valence-corrected chi connectivity index (χ3v) is 17.9. The molecule has 282 valence electrons. The molecule has 0 bridgehead atoms. The zero-order chi connectivity index (χ0) is 38.0. The summed E-state index contributed by atoms with van der Waals surface area (Å²) in [6.07, 6.45) is 5.82. The van der Waals surface area contributed by atoms with Crippen molar-refractivity contribution in [2.24, 2.45) is 17.8 Å². The molecule has 0 radical (unpaired) electrons. The van der Waals surface area contributed by atoms with E-state index < -0.39 is 20.2 Å². The van der Waals surface area contributed by atoms with Crippen LogP contribution >= 0.6 is 27.3 Å². The van der Waals surface area contributed by atoms with Gasteiger partial charge in [-0.15, -0.1) is 11.3 Å². The van der Waals surface area contributed by atoms with Gasteiger partial charge in [0.25, 0.3) is 8.32 Å². The van der Waals surface area contributed by atoms with Crippen molar-refractivity contribution in [2.45, 2.75) is 77.5 Å². The summed E-state index contributed by atoms with van der Waals surface area (Å²) in [6, 6.07) is 30.8. The van der Waals surface area contributed by atoms with Gasteiger partial charge in [0.05, 0.1) is 37.7 Å². The van der Waals surface area contributed by atoms with E-state index in [0.717, 1.165) is 51.7 Å². The predicted molar refractivity (Wildman–Crippen MR) is 223 cm³/mol. The highest BCUT2D eigenvalue weighted by Gasteiger charge is 2.58. The molecule has 3 aliphatic rings. The highest BCUT2D eigenvalue weighted by Crippen LogP contribution is 2.51. The molecule has 3 aromatic carbocycles. The van der Waals surface area contributed by atoms with Gasteiger partial charge < -0.3 is 14.3 Å². The third kappa shape index (κ3) is 7.50. The number of aromatic hydroxyl groups is 1. The Balaban J connectivity index is 1.26. The zero-order valence-corrected chi connectivity index (χ0v) is 35.0. The Kier molecular flexibility index (Phi) is 11.6. The number of likely N-dealkylation sites (tertiary alicyclic amines) is 1. The largest absolute Gasteiger partial charge is 0.507 e. The Morgan fingerprint density at radius 1 is 0.963 bits per heavy atom. The van der Waals surface area contributed by atoms with E-state index in [-0.39, 0.29) is 34.6 Å². The van der Waals surface area contributed by atoms with Crippen molar-refractivity contribution >= 4 is 63.8 Å². The molecule has 1 aromatic heterocycles. The summed E-state index contributed by atoms with van der Waals surface area (Å²) in [5, 5.41) is 14.8. The summed E-state index contributed by atoms with van der Waals surface area (Å²) in [4.78, 5) is 30.9. The minimum absolute atomic E-state index is 0.0752.